The maximum absolute atomic E-state index is 11.7. The van der Waals surface area contributed by atoms with Gasteiger partial charge in [0.25, 0.3) is 0 Å². The number of hydrogen-bond acceptors (Lipinski definition) is 4. The van der Waals surface area contributed by atoms with E-state index in [0.29, 0.717) is 32.1 Å². The van der Waals surface area contributed by atoms with Gasteiger partial charge in [0.15, 0.2) is 5.96 Å². The first kappa shape index (κ1) is 22.0. The molecule has 7 heteroatoms. The number of carbonyl (C=O) groups is 1. The third kappa shape index (κ3) is 7.76. The summed E-state index contributed by atoms with van der Waals surface area (Å²) in [7, 11) is 0. The number of aliphatic imine (C=N–C) groups is 1. The molecule has 1 unspecified atom stereocenters. The Bertz CT molecular complexity index is 643. The molecule has 0 spiro atoms. The SMILES string of the molecule is CCCNC(=O)CCNC(=NCc1ccc(C)cc1OC1CCOC1)NCC. The largest absolute Gasteiger partial charge is 0.488 e. The van der Waals surface area contributed by atoms with Crippen molar-refractivity contribution in [3.05, 3.63) is 29.3 Å². The smallest absolute Gasteiger partial charge is 0.221 e. The molecule has 1 saturated heterocycles. The van der Waals surface area contributed by atoms with Crippen LogP contribution in [0.5, 0.6) is 5.75 Å². The monoisotopic (exact) mass is 390 g/mol. The van der Waals surface area contributed by atoms with Gasteiger partial charge in [-0.3, -0.25) is 4.79 Å². The highest BCUT2D eigenvalue weighted by atomic mass is 16.5. The van der Waals surface area contributed by atoms with E-state index in [1.54, 1.807) is 0 Å². The Morgan fingerprint density at radius 1 is 1.25 bits per heavy atom. The zero-order chi connectivity index (χ0) is 20.2. The number of nitrogens with one attached hydrogen (secondary N) is 3. The summed E-state index contributed by atoms with van der Waals surface area (Å²) in [5.74, 6) is 1.62. The first-order valence-corrected chi connectivity index (χ1v) is 10.2. The van der Waals surface area contributed by atoms with E-state index in [0.717, 1.165) is 49.4 Å². The lowest BCUT2D eigenvalue weighted by atomic mass is 10.1. The lowest BCUT2D eigenvalue weighted by molar-refractivity contribution is -0.120. The van der Waals surface area contributed by atoms with Gasteiger partial charge < -0.3 is 25.4 Å². The predicted octanol–water partition coefficient (Wildman–Crippen LogP) is 2.13. The summed E-state index contributed by atoms with van der Waals surface area (Å²) in [4.78, 5) is 16.4. The fourth-order valence-corrected chi connectivity index (χ4v) is 2.84. The third-order valence-corrected chi connectivity index (χ3v) is 4.37. The van der Waals surface area contributed by atoms with Crippen LogP contribution < -0.4 is 20.7 Å². The summed E-state index contributed by atoms with van der Waals surface area (Å²) in [6.45, 7) is 10.0. The molecule has 0 saturated carbocycles. The molecule has 156 valence electrons. The van der Waals surface area contributed by atoms with Gasteiger partial charge in [0.2, 0.25) is 5.91 Å². The molecule has 1 amide bonds. The minimum Gasteiger partial charge on any atom is -0.488 e. The lowest BCUT2D eigenvalue weighted by Gasteiger charge is -2.16. The molecule has 1 aromatic carbocycles. The van der Waals surface area contributed by atoms with Crippen LogP contribution in [0.25, 0.3) is 0 Å². The van der Waals surface area contributed by atoms with Gasteiger partial charge in [-0.1, -0.05) is 19.1 Å². The minimum atomic E-state index is 0.0539. The maximum Gasteiger partial charge on any atom is 0.221 e. The van der Waals surface area contributed by atoms with E-state index in [4.69, 9.17) is 9.47 Å². The topological polar surface area (TPSA) is 84.0 Å². The molecule has 3 N–H and O–H groups in total. The van der Waals surface area contributed by atoms with Crippen LogP contribution in [0, 0.1) is 6.92 Å². The van der Waals surface area contributed by atoms with Crippen LogP contribution in [0.4, 0.5) is 0 Å². The summed E-state index contributed by atoms with van der Waals surface area (Å²) >= 11 is 0. The summed E-state index contributed by atoms with van der Waals surface area (Å²) in [5, 5.41) is 9.32. The Balaban J connectivity index is 1.94. The fraction of sp³-hybridized carbons (Fsp3) is 0.619. The summed E-state index contributed by atoms with van der Waals surface area (Å²) in [6.07, 6.45) is 2.39. The summed E-state index contributed by atoms with van der Waals surface area (Å²) in [6, 6.07) is 6.19. The first-order valence-electron chi connectivity index (χ1n) is 10.2. The molecule has 1 fully saturated rings. The van der Waals surface area contributed by atoms with Gasteiger partial charge in [-0.25, -0.2) is 4.99 Å². The van der Waals surface area contributed by atoms with E-state index < -0.39 is 0 Å². The van der Waals surface area contributed by atoms with Crippen molar-refractivity contribution >= 4 is 11.9 Å². The van der Waals surface area contributed by atoms with Crippen LogP contribution >= 0.6 is 0 Å². The number of aryl methyl sites for hydroxylation is 1. The second-order valence-corrected chi connectivity index (χ2v) is 6.94. The molecule has 1 atom stereocenters. The van der Waals surface area contributed by atoms with Crippen molar-refractivity contribution in [2.24, 2.45) is 4.99 Å². The summed E-state index contributed by atoms with van der Waals surface area (Å²) in [5.41, 5.74) is 2.19. The van der Waals surface area contributed by atoms with Gasteiger partial charge in [0.05, 0.1) is 19.8 Å². The highest BCUT2D eigenvalue weighted by Gasteiger charge is 2.18. The Morgan fingerprint density at radius 3 is 2.82 bits per heavy atom. The van der Waals surface area contributed by atoms with Crippen molar-refractivity contribution in [3.8, 4) is 5.75 Å². The number of amides is 1. The van der Waals surface area contributed by atoms with Gasteiger partial charge in [-0.2, -0.15) is 0 Å². The van der Waals surface area contributed by atoms with Crippen LogP contribution in [0.15, 0.2) is 23.2 Å². The molecule has 1 aliphatic heterocycles. The Morgan fingerprint density at radius 2 is 2.11 bits per heavy atom. The quantitative estimate of drug-likeness (QED) is 0.421. The van der Waals surface area contributed by atoms with Gasteiger partial charge in [0.1, 0.15) is 11.9 Å². The third-order valence-electron chi connectivity index (χ3n) is 4.37. The van der Waals surface area contributed by atoms with Crippen molar-refractivity contribution in [1.29, 1.82) is 0 Å². The van der Waals surface area contributed by atoms with E-state index in [2.05, 4.69) is 46.1 Å². The highest BCUT2D eigenvalue weighted by molar-refractivity contribution is 5.81. The molecule has 2 rings (SSSR count). The van der Waals surface area contributed by atoms with E-state index in [1.165, 1.54) is 0 Å². The molecule has 28 heavy (non-hydrogen) atoms. The molecular formula is C21H34N4O3. The second kappa shape index (κ2) is 12.2. The lowest BCUT2D eigenvalue weighted by Crippen LogP contribution is -2.39. The number of guanidine groups is 1. The molecule has 7 nitrogen and oxygen atoms in total. The Hall–Kier alpha value is -2.28. The van der Waals surface area contributed by atoms with Crippen LogP contribution in [0.3, 0.4) is 0 Å². The van der Waals surface area contributed by atoms with E-state index in [-0.39, 0.29) is 12.0 Å². The number of benzene rings is 1. The van der Waals surface area contributed by atoms with Gasteiger partial charge in [-0.15, -0.1) is 0 Å². The number of rotatable bonds is 10. The van der Waals surface area contributed by atoms with Crippen LogP contribution in [-0.2, 0) is 16.1 Å². The Labute approximate surface area is 168 Å². The minimum absolute atomic E-state index is 0.0539. The van der Waals surface area contributed by atoms with Crippen molar-refractivity contribution in [3.63, 3.8) is 0 Å². The van der Waals surface area contributed by atoms with Crippen molar-refractivity contribution in [2.45, 2.75) is 52.7 Å². The predicted molar refractivity (Wildman–Crippen MR) is 112 cm³/mol. The molecule has 0 aromatic heterocycles. The van der Waals surface area contributed by atoms with Crippen molar-refractivity contribution in [1.82, 2.24) is 16.0 Å². The molecular weight excluding hydrogens is 356 g/mol. The number of hydrogen-bond donors (Lipinski definition) is 3. The first-order chi connectivity index (χ1) is 13.6. The zero-order valence-electron chi connectivity index (χ0n) is 17.3. The van der Waals surface area contributed by atoms with Gasteiger partial charge >= 0.3 is 0 Å². The molecule has 1 aliphatic rings. The van der Waals surface area contributed by atoms with E-state index in [1.807, 2.05) is 13.8 Å². The van der Waals surface area contributed by atoms with E-state index >= 15 is 0 Å². The number of carbonyl (C=O) groups excluding carboxylic acids is 1. The van der Waals surface area contributed by atoms with Crippen molar-refractivity contribution in [2.75, 3.05) is 32.8 Å². The normalized spacial score (nSPS) is 16.7. The van der Waals surface area contributed by atoms with Gasteiger partial charge in [-0.05, 0) is 31.9 Å². The van der Waals surface area contributed by atoms with Crippen LogP contribution in [0.2, 0.25) is 0 Å². The standard InChI is InChI=1S/C21H34N4O3/c1-4-10-23-20(26)8-11-24-21(22-5-2)25-14-17-7-6-16(3)13-19(17)28-18-9-12-27-15-18/h6-7,13,18H,4-5,8-12,14-15H2,1-3H3,(H,23,26)(H2,22,24,25). The molecule has 0 radical (unpaired) electrons. The van der Waals surface area contributed by atoms with Crippen LogP contribution in [-0.4, -0.2) is 50.8 Å². The zero-order valence-corrected chi connectivity index (χ0v) is 17.3. The Kier molecular flexibility index (Phi) is 9.62. The van der Waals surface area contributed by atoms with Gasteiger partial charge in [0, 0.05) is 38.0 Å². The van der Waals surface area contributed by atoms with Crippen molar-refractivity contribution < 1.29 is 14.3 Å². The molecule has 1 aromatic rings. The summed E-state index contributed by atoms with van der Waals surface area (Å²) < 4.78 is 11.6. The maximum atomic E-state index is 11.7. The average molecular weight is 391 g/mol. The van der Waals surface area contributed by atoms with E-state index in [9.17, 15) is 4.79 Å². The molecule has 0 bridgehead atoms. The molecule has 0 aliphatic carbocycles. The molecule has 1 heterocycles. The number of nitrogens with zero attached hydrogens (tertiary/aromatic N) is 1. The highest BCUT2D eigenvalue weighted by Crippen LogP contribution is 2.24. The number of ether oxygens (including phenoxy) is 2. The fourth-order valence-electron chi connectivity index (χ4n) is 2.84. The average Bonchev–Trinajstić information content (AvgIpc) is 3.18. The second-order valence-electron chi connectivity index (χ2n) is 6.94. The van der Waals surface area contributed by atoms with Crippen LogP contribution in [0.1, 0.15) is 44.2 Å².